The van der Waals surface area contributed by atoms with Crippen LogP contribution in [0.1, 0.15) is 62.5 Å². The van der Waals surface area contributed by atoms with E-state index in [1.165, 1.54) is 12.8 Å². The Kier molecular flexibility index (Phi) is 6.24. The van der Waals surface area contributed by atoms with Crippen LogP contribution in [0.2, 0.25) is 0 Å². The van der Waals surface area contributed by atoms with Crippen LogP contribution < -0.4 is 11.1 Å². The molecule has 3 N–H and O–H groups in total. The Morgan fingerprint density at radius 3 is 2.73 bits per heavy atom. The lowest BCUT2D eigenvalue weighted by Gasteiger charge is -2.18. The maximum Gasteiger partial charge on any atom is 0.271 e. The number of hydrogen-bond acceptors (Lipinski definition) is 4. The zero-order valence-electron chi connectivity index (χ0n) is 13.8. The van der Waals surface area contributed by atoms with E-state index in [1.54, 1.807) is 6.20 Å². The molecule has 6 nitrogen and oxygen atoms in total. The predicted molar refractivity (Wildman–Crippen MR) is 88.9 cm³/mol. The molecule has 1 saturated carbocycles. The molecule has 1 aliphatic carbocycles. The molecule has 1 amide bonds. The summed E-state index contributed by atoms with van der Waals surface area (Å²) in [5.74, 6) is -0.0959. The second-order valence-electron chi connectivity index (χ2n) is 5.97. The molecule has 0 atom stereocenters. The number of nitrogen functional groups attached to an aromatic ring is 1. The molecule has 0 aliphatic heterocycles. The topological polar surface area (TPSA) is 76.2 Å². The Morgan fingerprint density at radius 1 is 1.41 bits per heavy atom. The zero-order valence-corrected chi connectivity index (χ0v) is 13.8. The Hall–Kier alpha value is -1.56. The highest BCUT2D eigenvalue weighted by Gasteiger charge is 2.24. The summed E-state index contributed by atoms with van der Waals surface area (Å²) in [6, 6.07) is 0.328. The van der Waals surface area contributed by atoms with E-state index in [-0.39, 0.29) is 5.91 Å². The van der Waals surface area contributed by atoms with Gasteiger partial charge in [-0.1, -0.05) is 26.7 Å². The molecule has 0 unspecified atom stereocenters. The lowest BCUT2D eigenvalue weighted by Crippen LogP contribution is -2.31. The molecule has 1 fully saturated rings. The average molecular weight is 307 g/mol. The summed E-state index contributed by atoms with van der Waals surface area (Å²) in [4.78, 5) is 14.8. The van der Waals surface area contributed by atoms with Crippen molar-refractivity contribution in [2.24, 2.45) is 0 Å². The summed E-state index contributed by atoms with van der Waals surface area (Å²) in [5, 5.41) is 7.31. The molecule has 1 aromatic rings. The lowest BCUT2D eigenvalue weighted by molar-refractivity contribution is 0.0939. The minimum absolute atomic E-state index is 0.0959. The highest BCUT2D eigenvalue weighted by Crippen LogP contribution is 2.31. The molecular weight excluding hydrogens is 278 g/mol. The first kappa shape index (κ1) is 16.8. The van der Waals surface area contributed by atoms with Gasteiger partial charge in [0, 0.05) is 6.54 Å². The van der Waals surface area contributed by atoms with Crippen LogP contribution in [0.25, 0.3) is 0 Å². The second-order valence-corrected chi connectivity index (χ2v) is 5.97. The van der Waals surface area contributed by atoms with Gasteiger partial charge in [0.2, 0.25) is 0 Å². The third-order valence-corrected chi connectivity index (χ3v) is 4.54. The van der Waals surface area contributed by atoms with E-state index in [2.05, 4.69) is 29.2 Å². The van der Waals surface area contributed by atoms with Crippen molar-refractivity contribution < 1.29 is 4.79 Å². The minimum Gasteiger partial charge on any atom is -0.396 e. The number of nitrogens with one attached hydrogen (secondary N) is 1. The number of nitrogens with zero attached hydrogens (tertiary/aromatic N) is 3. The molecule has 6 heteroatoms. The van der Waals surface area contributed by atoms with Crippen molar-refractivity contribution in [1.29, 1.82) is 0 Å². The maximum atomic E-state index is 12.4. The number of aromatic nitrogens is 2. The number of anilines is 1. The highest BCUT2D eigenvalue weighted by molar-refractivity contribution is 5.97. The monoisotopic (exact) mass is 307 g/mol. The van der Waals surface area contributed by atoms with Gasteiger partial charge in [0.1, 0.15) is 5.69 Å². The zero-order chi connectivity index (χ0) is 15.9. The Balaban J connectivity index is 1.88. The molecule has 0 spiro atoms. The van der Waals surface area contributed by atoms with Crippen LogP contribution in [0.4, 0.5) is 5.69 Å². The smallest absolute Gasteiger partial charge is 0.271 e. The van der Waals surface area contributed by atoms with Crippen LogP contribution in [0, 0.1) is 0 Å². The summed E-state index contributed by atoms with van der Waals surface area (Å²) in [6.07, 6.45) is 7.13. The quantitative estimate of drug-likeness (QED) is 0.721. The molecule has 1 aromatic heterocycles. The van der Waals surface area contributed by atoms with Gasteiger partial charge >= 0.3 is 0 Å². The molecule has 0 aromatic carbocycles. The molecule has 0 saturated heterocycles. The molecule has 2 rings (SSSR count). The van der Waals surface area contributed by atoms with Gasteiger partial charge in [0.15, 0.2) is 0 Å². The second kappa shape index (κ2) is 8.17. The molecule has 124 valence electrons. The number of rotatable bonds is 8. The summed E-state index contributed by atoms with van der Waals surface area (Å²) in [5.41, 5.74) is 6.97. The summed E-state index contributed by atoms with van der Waals surface area (Å²) < 4.78 is 1.84. The number of amides is 1. The molecule has 22 heavy (non-hydrogen) atoms. The van der Waals surface area contributed by atoms with Crippen LogP contribution in [0.3, 0.4) is 0 Å². The van der Waals surface area contributed by atoms with Crippen molar-refractivity contribution in [3.8, 4) is 0 Å². The third-order valence-electron chi connectivity index (χ3n) is 4.54. The number of carbonyl (C=O) groups is 1. The fourth-order valence-corrected chi connectivity index (χ4v) is 3.16. The molecule has 0 radical (unpaired) electrons. The average Bonchev–Trinajstić information content (AvgIpc) is 3.16. The summed E-state index contributed by atoms with van der Waals surface area (Å²) >= 11 is 0. The first-order valence-electron chi connectivity index (χ1n) is 8.50. The van der Waals surface area contributed by atoms with Gasteiger partial charge in [0.25, 0.3) is 5.91 Å². The van der Waals surface area contributed by atoms with Crippen molar-refractivity contribution >= 4 is 11.6 Å². The van der Waals surface area contributed by atoms with Crippen LogP contribution in [-0.4, -0.2) is 46.8 Å². The predicted octanol–water partition coefficient (Wildman–Crippen LogP) is 2.04. The number of nitrogens with two attached hydrogens (primary N) is 1. The van der Waals surface area contributed by atoms with Crippen LogP contribution >= 0.6 is 0 Å². The Bertz CT molecular complexity index is 475. The van der Waals surface area contributed by atoms with E-state index in [4.69, 9.17) is 5.73 Å². The van der Waals surface area contributed by atoms with Gasteiger partial charge in [-0.3, -0.25) is 9.48 Å². The SMILES string of the molecule is CCN(CC)CCCNC(=O)c1c(N)cnn1C1CCCC1. The summed E-state index contributed by atoms with van der Waals surface area (Å²) in [6.45, 7) is 8.08. The van der Waals surface area contributed by atoms with Gasteiger partial charge in [-0.25, -0.2) is 0 Å². The van der Waals surface area contributed by atoms with Gasteiger partial charge in [-0.05, 0) is 38.9 Å². The van der Waals surface area contributed by atoms with Crippen molar-refractivity contribution in [1.82, 2.24) is 20.0 Å². The van der Waals surface area contributed by atoms with Gasteiger partial charge in [-0.2, -0.15) is 5.10 Å². The Labute approximate surface area is 133 Å². The first-order valence-corrected chi connectivity index (χ1v) is 8.50. The normalized spacial score (nSPS) is 15.6. The molecule has 0 bridgehead atoms. The van der Waals surface area contributed by atoms with Crippen molar-refractivity contribution in [2.45, 2.75) is 52.0 Å². The van der Waals surface area contributed by atoms with Crippen molar-refractivity contribution in [3.63, 3.8) is 0 Å². The number of carbonyl (C=O) groups excluding carboxylic acids is 1. The van der Waals surface area contributed by atoms with E-state index in [0.29, 0.717) is 24.0 Å². The standard InChI is InChI=1S/C16H29N5O/c1-3-20(4-2)11-7-10-18-16(22)15-14(17)12-19-21(15)13-8-5-6-9-13/h12-13H,3-11,17H2,1-2H3,(H,18,22). The fraction of sp³-hybridized carbons (Fsp3) is 0.750. The maximum absolute atomic E-state index is 12.4. The van der Waals surface area contributed by atoms with Crippen molar-refractivity contribution in [2.75, 3.05) is 31.9 Å². The van der Waals surface area contributed by atoms with E-state index >= 15 is 0 Å². The highest BCUT2D eigenvalue weighted by atomic mass is 16.2. The lowest BCUT2D eigenvalue weighted by atomic mass is 10.2. The largest absolute Gasteiger partial charge is 0.396 e. The van der Waals surface area contributed by atoms with E-state index in [0.717, 1.165) is 38.9 Å². The van der Waals surface area contributed by atoms with Gasteiger partial charge in [0.05, 0.1) is 17.9 Å². The fourth-order valence-electron chi connectivity index (χ4n) is 3.16. The summed E-state index contributed by atoms with van der Waals surface area (Å²) in [7, 11) is 0. The van der Waals surface area contributed by atoms with Gasteiger partial charge < -0.3 is 16.0 Å². The van der Waals surface area contributed by atoms with Crippen molar-refractivity contribution in [3.05, 3.63) is 11.9 Å². The molecule has 1 heterocycles. The van der Waals surface area contributed by atoms with E-state index < -0.39 is 0 Å². The Morgan fingerprint density at radius 2 is 2.09 bits per heavy atom. The van der Waals surface area contributed by atoms with Crippen LogP contribution in [-0.2, 0) is 0 Å². The van der Waals surface area contributed by atoms with Crippen LogP contribution in [0.5, 0.6) is 0 Å². The number of hydrogen-bond donors (Lipinski definition) is 2. The third kappa shape index (κ3) is 4.00. The van der Waals surface area contributed by atoms with E-state index in [1.807, 2.05) is 4.68 Å². The first-order chi connectivity index (χ1) is 10.7. The molecular formula is C16H29N5O. The molecule has 1 aliphatic rings. The minimum atomic E-state index is -0.0959. The van der Waals surface area contributed by atoms with Crippen LogP contribution in [0.15, 0.2) is 6.20 Å². The van der Waals surface area contributed by atoms with E-state index in [9.17, 15) is 4.79 Å². The van der Waals surface area contributed by atoms with Gasteiger partial charge in [-0.15, -0.1) is 0 Å².